The minimum atomic E-state index is -3.62. The van der Waals surface area contributed by atoms with Gasteiger partial charge in [0.1, 0.15) is 11.4 Å². The Balaban J connectivity index is 1.35. The molecule has 0 unspecified atom stereocenters. The molecule has 176 valence electrons. The molecule has 0 aromatic heterocycles. The normalized spacial score (nSPS) is 17.8. The predicted molar refractivity (Wildman–Crippen MR) is 121 cm³/mol. The van der Waals surface area contributed by atoms with Crippen molar-refractivity contribution in [1.29, 1.82) is 0 Å². The van der Waals surface area contributed by atoms with Crippen LogP contribution < -0.4 is 9.88 Å². The molecule has 2 N–H and O–H groups in total. The summed E-state index contributed by atoms with van der Waals surface area (Å²) in [5.41, 5.74) is 1.38. The maximum atomic E-state index is 12.9. The van der Waals surface area contributed by atoms with E-state index in [2.05, 4.69) is 0 Å². The number of sulfonamides is 1. The first kappa shape index (κ1) is 23.1. The molecule has 2 aromatic carbocycles. The molecule has 2 aliphatic heterocycles. The second-order valence-electron chi connectivity index (χ2n) is 8.55. The van der Waals surface area contributed by atoms with Gasteiger partial charge in [0.2, 0.25) is 10.0 Å². The predicted octanol–water partition coefficient (Wildman–Crippen LogP) is 2.11. The monoisotopic (exact) mass is 473 g/mol. The van der Waals surface area contributed by atoms with Crippen LogP contribution in [0, 0.1) is 0 Å². The first-order chi connectivity index (χ1) is 15.7. The van der Waals surface area contributed by atoms with Crippen LogP contribution in [-0.2, 0) is 27.1 Å². The van der Waals surface area contributed by atoms with Gasteiger partial charge in [-0.3, -0.25) is 9.69 Å². The van der Waals surface area contributed by atoms with E-state index in [4.69, 9.17) is 14.6 Å². The minimum Gasteiger partial charge on any atom is -0.497 e. The van der Waals surface area contributed by atoms with Gasteiger partial charge in [-0.2, -0.15) is 0 Å². The minimum absolute atomic E-state index is 0.135. The van der Waals surface area contributed by atoms with Crippen LogP contribution in [0.15, 0.2) is 48.5 Å². The molecule has 2 heterocycles. The Morgan fingerprint density at radius 1 is 1.12 bits per heavy atom. The molecule has 2 aliphatic rings. The fraction of sp³-hybridized carbons (Fsp3) is 0.391. The molecule has 0 aliphatic carbocycles. The molecule has 0 atom stereocenters. The number of primary sulfonamides is 1. The molecular weight excluding hydrogens is 446 g/mol. The van der Waals surface area contributed by atoms with E-state index in [-0.39, 0.29) is 17.8 Å². The first-order valence-corrected chi connectivity index (χ1v) is 12.4. The SMILES string of the molecule is COc1cccc(CN2CC3(CCN(C(=O)c4ccc(CS(N)(=O)=O)cc4)CC3)OC2=O)c1. The van der Waals surface area contributed by atoms with Gasteiger partial charge in [0.25, 0.3) is 5.91 Å². The number of benzene rings is 2. The van der Waals surface area contributed by atoms with Crippen LogP contribution >= 0.6 is 0 Å². The molecule has 2 saturated heterocycles. The number of rotatable bonds is 6. The summed E-state index contributed by atoms with van der Waals surface area (Å²) in [6.45, 7) is 1.86. The molecule has 2 amide bonds. The Morgan fingerprint density at radius 3 is 2.45 bits per heavy atom. The summed E-state index contributed by atoms with van der Waals surface area (Å²) in [5.74, 6) is 0.328. The van der Waals surface area contributed by atoms with Crippen molar-refractivity contribution >= 4 is 22.0 Å². The van der Waals surface area contributed by atoms with E-state index < -0.39 is 15.6 Å². The van der Waals surface area contributed by atoms with Crippen LogP contribution in [0.25, 0.3) is 0 Å². The maximum Gasteiger partial charge on any atom is 0.410 e. The third-order valence-electron chi connectivity index (χ3n) is 6.08. The third kappa shape index (κ3) is 5.45. The fourth-order valence-corrected chi connectivity index (χ4v) is 5.00. The number of nitrogens with two attached hydrogens (primary N) is 1. The topological polar surface area (TPSA) is 119 Å². The number of piperidine rings is 1. The lowest BCUT2D eigenvalue weighted by Gasteiger charge is -2.37. The van der Waals surface area contributed by atoms with E-state index in [1.165, 1.54) is 0 Å². The Bertz CT molecular complexity index is 1140. The maximum absolute atomic E-state index is 12.9. The molecule has 9 nitrogen and oxygen atoms in total. The molecule has 4 rings (SSSR count). The average Bonchev–Trinajstić information content (AvgIpc) is 3.07. The summed E-state index contributed by atoms with van der Waals surface area (Å²) in [7, 11) is -2.02. The molecule has 0 radical (unpaired) electrons. The Hall–Kier alpha value is -3.11. The van der Waals surface area contributed by atoms with Crippen molar-refractivity contribution in [3.63, 3.8) is 0 Å². The molecule has 10 heteroatoms. The van der Waals surface area contributed by atoms with Crippen molar-refractivity contribution in [3.05, 3.63) is 65.2 Å². The summed E-state index contributed by atoms with van der Waals surface area (Å²) in [6.07, 6.45) is 0.772. The molecule has 2 fully saturated rings. The van der Waals surface area contributed by atoms with Crippen molar-refractivity contribution in [3.8, 4) is 5.75 Å². The molecule has 0 bridgehead atoms. The van der Waals surface area contributed by atoms with Crippen LogP contribution in [0.5, 0.6) is 5.75 Å². The fourth-order valence-electron chi connectivity index (χ4n) is 4.34. The summed E-state index contributed by atoms with van der Waals surface area (Å²) in [6, 6.07) is 14.0. The van der Waals surface area contributed by atoms with Crippen molar-refractivity contribution < 1.29 is 27.5 Å². The second kappa shape index (κ2) is 9.03. The van der Waals surface area contributed by atoms with Gasteiger partial charge in [-0.15, -0.1) is 0 Å². The number of nitrogens with zero attached hydrogens (tertiary/aromatic N) is 2. The van der Waals surface area contributed by atoms with Crippen LogP contribution in [0.2, 0.25) is 0 Å². The molecular formula is C23H27N3O6S. The number of hydrogen-bond donors (Lipinski definition) is 1. The van der Waals surface area contributed by atoms with Gasteiger partial charge in [0, 0.05) is 38.0 Å². The van der Waals surface area contributed by atoms with E-state index in [1.807, 2.05) is 24.3 Å². The number of carbonyl (C=O) groups is 2. The Kier molecular flexibility index (Phi) is 6.31. The number of methoxy groups -OCH3 is 1. The van der Waals surface area contributed by atoms with E-state index >= 15 is 0 Å². The lowest BCUT2D eigenvalue weighted by atomic mass is 9.91. The van der Waals surface area contributed by atoms with E-state index in [1.54, 1.807) is 41.2 Å². The van der Waals surface area contributed by atoms with E-state index in [9.17, 15) is 18.0 Å². The number of likely N-dealkylation sites (tertiary alicyclic amines) is 1. The summed E-state index contributed by atoms with van der Waals surface area (Å²) < 4.78 is 33.5. The highest BCUT2D eigenvalue weighted by molar-refractivity contribution is 7.88. The molecule has 1 spiro atoms. The Morgan fingerprint density at radius 2 is 1.82 bits per heavy atom. The summed E-state index contributed by atoms with van der Waals surface area (Å²) >= 11 is 0. The summed E-state index contributed by atoms with van der Waals surface area (Å²) in [5, 5.41) is 5.07. The van der Waals surface area contributed by atoms with Crippen LogP contribution in [0.3, 0.4) is 0 Å². The largest absolute Gasteiger partial charge is 0.497 e. The van der Waals surface area contributed by atoms with Gasteiger partial charge in [-0.05, 0) is 35.4 Å². The van der Waals surface area contributed by atoms with Crippen molar-refractivity contribution in [1.82, 2.24) is 9.80 Å². The molecule has 33 heavy (non-hydrogen) atoms. The van der Waals surface area contributed by atoms with Crippen molar-refractivity contribution in [2.75, 3.05) is 26.7 Å². The van der Waals surface area contributed by atoms with E-state index in [0.29, 0.717) is 50.1 Å². The first-order valence-electron chi connectivity index (χ1n) is 10.7. The Labute approximate surface area is 193 Å². The van der Waals surface area contributed by atoms with Gasteiger partial charge in [-0.1, -0.05) is 24.3 Å². The number of ether oxygens (including phenoxy) is 2. The quantitative estimate of drug-likeness (QED) is 0.686. The molecule has 2 aromatic rings. The van der Waals surface area contributed by atoms with Crippen LogP contribution in [0.4, 0.5) is 4.79 Å². The molecule has 0 saturated carbocycles. The van der Waals surface area contributed by atoms with Gasteiger partial charge >= 0.3 is 6.09 Å². The lowest BCUT2D eigenvalue weighted by Crippen LogP contribution is -2.48. The third-order valence-corrected chi connectivity index (χ3v) is 6.81. The van der Waals surface area contributed by atoms with Gasteiger partial charge in [-0.25, -0.2) is 18.4 Å². The zero-order valence-corrected chi connectivity index (χ0v) is 19.2. The number of carbonyl (C=O) groups excluding carboxylic acids is 2. The smallest absolute Gasteiger partial charge is 0.410 e. The second-order valence-corrected chi connectivity index (χ2v) is 10.2. The standard InChI is InChI=1S/C23H27N3O6S/c1-31-20-4-2-3-18(13-20)14-26-16-23(32-22(26)28)9-11-25(12-10-23)21(27)19-7-5-17(6-8-19)15-33(24,29)30/h2-8,13H,9-12,14-16H2,1H3,(H2,24,29,30). The zero-order valence-electron chi connectivity index (χ0n) is 18.4. The zero-order chi connectivity index (χ0) is 23.6. The van der Waals surface area contributed by atoms with Crippen molar-refractivity contribution in [2.24, 2.45) is 5.14 Å². The van der Waals surface area contributed by atoms with Gasteiger partial charge in [0.15, 0.2) is 0 Å². The highest BCUT2D eigenvalue weighted by Gasteiger charge is 2.47. The van der Waals surface area contributed by atoms with E-state index in [0.717, 1.165) is 11.3 Å². The summed E-state index contributed by atoms with van der Waals surface area (Å²) in [4.78, 5) is 28.8. The number of hydrogen-bond acceptors (Lipinski definition) is 6. The van der Waals surface area contributed by atoms with Crippen LogP contribution in [0.1, 0.15) is 34.3 Å². The van der Waals surface area contributed by atoms with Crippen molar-refractivity contribution in [2.45, 2.75) is 30.7 Å². The highest BCUT2D eigenvalue weighted by Crippen LogP contribution is 2.34. The highest BCUT2D eigenvalue weighted by atomic mass is 32.2. The van der Waals surface area contributed by atoms with Crippen LogP contribution in [-0.4, -0.2) is 62.6 Å². The van der Waals surface area contributed by atoms with Gasteiger partial charge < -0.3 is 14.4 Å². The lowest BCUT2D eigenvalue weighted by molar-refractivity contribution is 0.00313. The number of amides is 2. The van der Waals surface area contributed by atoms with Gasteiger partial charge in [0.05, 0.1) is 19.4 Å². The average molecular weight is 474 g/mol.